The number of anilines is 1. The summed E-state index contributed by atoms with van der Waals surface area (Å²) in [5, 5.41) is 4.00. The van der Waals surface area contributed by atoms with E-state index < -0.39 is 27.0 Å². The number of aromatic nitrogens is 1. The monoisotopic (exact) mass is 573 g/mol. The van der Waals surface area contributed by atoms with Gasteiger partial charge in [-0.25, -0.2) is 12.4 Å². The Bertz CT molecular complexity index is 1250. The van der Waals surface area contributed by atoms with Crippen molar-refractivity contribution in [1.29, 1.82) is 0 Å². The van der Waals surface area contributed by atoms with E-state index in [9.17, 15) is 21.6 Å². The fourth-order valence-corrected chi connectivity index (χ4v) is 5.67. The summed E-state index contributed by atoms with van der Waals surface area (Å²) >= 11 is 9.39. The maximum absolute atomic E-state index is 13.4. The van der Waals surface area contributed by atoms with Crippen LogP contribution in [-0.2, 0) is 10.0 Å². The molecule has 1 saturated heterocycles. The molecular formula is C19H17BrCl2F3N3O3S. The second-order valence-electron chi connectivity index (χ2n) is 6.82. The van der Waals surface area contributed by atoms with Crippen molar-refractivity contribution < 1.29 is 26.3 Å². The van der Waals surface area contributed by atoms with E-state index in [0.29, 0.717) is 5.39 Å². The van der Waals surface area contributed by atoms with Crippen LogP contribution in [0.25, 0.3) is 10.9 Å². The Balaban J connectivity index is 0.00000289. The lowest BCUT2D eigenvalue weighted by Gasteiger charge is -2.30. The summed E-state index contributed by atoms with van der Waals surface area (Å²) in [6.07, 6.45) is -3.77. The first-order chi connectivity index (χ1) is 14.6. The number of hydrogen-bond donors (Lipinski definition) is 1. The summed E-state index contributed by atoms with van der Waals surface area (Å²) in [7, 11) is -4.46. The van der Waals surface area contributed by atoms with Gasteiger partial charge >= 0.3 is 6.36 Å². The number of rotatable bonds is 4. The van der Waals surface area contributed by atoms with E-state index in [-0.39, 0.29) is 27.4 Å². The highest BCUT2D eigenvalue weighted by atomic mass is 79.9. The van der Waals surface area contributed by atoms with Crippen molar-refractivity contribution in [3.63, 3.8) is 0 Å². The summed E-state index contributed by atoms with van der Waals surface area (Å²) in [6, 6.07) is 8.34. The van der Waals surface area contributed by atoms with Gasteiger partial charge < -0.3 is 15.0 Å². The molecule has 0 aliphatic carbocycles. The molecule has 0 radical (unpaired) electrons. The van der Waals surface area contributed by atoms with E-state index >= 15 is 0 Å². The van der Waals surface area contributed by atoms with Crippen molar-refractivity contribution in [2.24, 2.45) is 0 Å². The molecule has 2 aromatic carbocycles. The zero-order valence-corrected chi connectivity index (χ0v) is 20.2. The molecule has 2 heterocycles. The number of benzene rings is 2. The fraction of sp³-hybridized carbons (Fsp3) is 0.263. The van der Waals surface area contributed by atoms with Gasteiger partial charge in [0.05, 0.1) is 10.5 Å². The average Bonchev–Trinajstić information content (AvgIpc) is 3.14. The minimum Gasteiger partial charge on any atom is -0.404 e. The molecule has 0 amide bonds. The van der Waals surface area contributed by atoms with Crippen LogP contribution in [0.1, 0.15) is 0 Å². The first-order valence-electron chi connectivity index (χ1n) is 9.14. The van der Waals surface area contributed by atoms with Crippen LogP contribution in [0, 0.1) is 0 Å². The molecule has 0 spiro atoms. The Morgan fingerprint density at radius 1 is 1.09 bits per heavy atom. The summed E-state index contributed by atoms with van der Waals surface area (Å²) in [5.74, 6) is -0.835. The topological polar surface area (TPSA) is 63.6 Å². The van der Waals surface area contributed by atoms with Gasteiger partial charge in [-0.1, -0.05) is 27.5 Å². The maximum atomic E-state index is 13.4. The number of piperazine rings is 1. The molecule has 1 fully saturated rings. The van der Waals surface area contributed by atoms with Crippen molar-refractivity contribution in [2.45, 2.75) is 11.3 Å². The van der Waals surface area contributed by atoms with Crippen molar-refractivity contribution in [1.82, 2.24) is 9.29 Å². The summed E-state index contributed by atoms with van der Waals surface area (Å²) in [4.78, 5) is 1.47. The summed E-state index contributed by atoms with van der Waals surface area (Å²) in [5.41, 5.74) is 0.996. The highest BCUT2D eigenvalue weighted by Crippen LogP contribution is 2.38. The number of ether oxygens (including phenoxy) is 1. The second kappa shape index (κ2) is 9.30. The number of hydrogen-bond acceptors (Lipinski definition) is 5. The zero-order valence-electron chi connectivity index (χ0n) is 16.2. The van der Waals surface area contributed by atoms with E-state index in [0.717, 1.165) is 48.0 Å². The van der Waals surface area contributed by atoms with E-state index in [1.54, 1.807) is 12.1 Å². The third kappa shape index (κ3) is 4.81. The molecule has 1 aromatic heterocycles. The molecule has 0 atom stereocenters. The van der Waals surface area contributed by atoms with Gasteiger partial charge in [-0.3, -0.25) is 0 Å². The molecule has 0 bridgehead atoms. The Hall–Kier alpha value is -1.66. The summed E-state index contributed by atoms with van der Waals surface area (Å²) < 4.78 is 70.6. The predicted molar refractivity (Wildman–Crippen MR) is 123 cm³/mol. The molecule has 1 aliphatic rings. The highest BCUT2D eigenvalue weighted by molar-refractivity contribution is 9.10. The second-order valence-corrected chi connectivity index (χ2v) is 9.93. The van der Waals surface area contributed by atoms with Crippen LogP contribution in [0.5, 0.6) is 5.75 Å². The number of alkyl halides is 3. The van der Waals surface area contributed by atoms with E-state index in [1.165, 1.54) is 12.3 Å². The first kappa shape index (κ1) is 25.0. The van der Waals surface area contributed by atoms with Crippen LogP contribution in [-0.4, -0.2) is 44.9 Å². The molecule has 6 nitrogen and oxygen atoms in total. The lowest BCUT2D eigenvalue weighted by Crippen LogP contribution is -2.43. The minimum absolute atomic E-state index is 0. The molecule has 32 heavy (non-hydrogen) atoms. The van der Waals surface area contributed by atoms with Crippen LogP contribution in [0.15, 0.2) is 52.0 Å². The highest BCUT2D eigenvalue weighted by Gasteiger charge is 2.35. The van der Waals surface area contributed by atoms with Crippen LogP contribution in [0.3, 0.4) is 0 Å². The largest absolute Gasteiger partial charge is 0.573 e. The van der Waals surface area contributed by atoms with Crippen LogP contribution in [0.4, 0.5) is 18.9 Å². The number of fused-ring (bicyclic) bond motifs is 1. The molecule has 1 N–H and O–H groups in total. The molecular weight excluding hydrogens is 558 g/mol. The predicted octanol–water partition coefficient (Wildman–Crippen LogP) is 5.02. The van der Waals surface area contributed by atoms with Gasteiger partial charge in [0.2, 0.25) is 0 Å². The van der Waals surface area contributed by atoms with Gasteiger partial charge in [0.1, 0.15) is 4.90 Å². The Labute approximate surface area is 201 Å². The van der Waals surface area contributed by atoms with Crippen molar-refractivity contribution in [3.05, 3.63) is 52.1 Å². The fourth-order valence-electron chi connectivity index (χ4n) is 3.56. The molecule has 3 aromatic rings. The van der Waals surface area contributed by atoms with Gasteiger partial charge in [-0.2, -0.15) is 0 Å². The van der Waals surface area contributed by atoms with E-state index in [4.69, 9.17) is 11.6 Å². The van der Waals surface area contributed by atoms with Gasteiger partial charge in [-0.15, -0.1) is 25.6 Å². The van der Waals surface area contributed by atoms with E-state index in [1.807, 2.05) is 6.07 Å². The van der Waals surface area contributed by atoms with Crippen molar-refractivity contribution in [3.8, 4) is 5.75 Å². The van der Waals surface area contributed by atoms with Gasteiger partial charge in [-0.05, 0) is 36.4 Å². The average molecular weight is 575 g/mol. The van der Waals surface area contributed by atoms with Gasteiger partial charge in [0.15, 0.2) is 5.75 Å². The number of halogens is 6. The third-order valence-corrected chi connectivity index (χ3v) is 7.38. The number of nitrogens with one attached hydrogen (secondary N) is 1. The molecule has 0 saturated carbocycles. The van der Waals surface area contributed by atoms with Gasteiger partial charge in [0, 0.05) is 47.9 Å². The first-order valence-corrected chi connectivity index (χ1v) is 11.7. The summed E-state index contributed by atoms with van der Waals surface area (Å²) in [6.45, 7) is 3.01. The molecule has 13 heteroatoms. The Morgan fingerprint density at radius 2 is 1.78 bits per heavy atom. The molecule has 174 valence electrons. The minimum atomic E-state index is -5.06. The Morgan fingerprint density at radius 3 is 2.44 bits per heavy atom. The molecule has 4 rings (SSSR count). The smallest absolute Gasteiger partial charge is 0.404 e. The SMILES string of the molecule is Cl.O=S(=O)(c1ccc(Br)cc1OC(F)(F)F)n1ccc2c(N3CCNCC3)ccc(Cl)c21. The molecule has 1 aliphatic heterocycles. The lowest BCUT2D eigenvalue weighted by molar-refractivity contribution is -0.275. The van der Waals surface area contributed by atoms with E-state index in [2.05, 4.69) is 30.9 Å². The quantitative estimate of drug-likeness (QED) is 0.474. The normalized spacial score (nSPS) is 15.0. The standard InChI is InChI=1S/C19H16BrClF3N3O3S.ClH/c20-12-1-4-17(16(11-12)30-19(22,23)24)31(28,29)27-8-5-13-15(3-2-14(21)18(13)27)26-9-6-25-7-10-26;/h1-5,8,11,25H,6-7,9-10H2;1H. The van der Waals surface area contributed by atoms with Gasteiger partial charge in [0.25, 0.3) is 10.0 Å². The zero-order chi connectivity index (χ0) is 22.4. The lowest BCUT2D eigenvalue weighted by atomic mass is 10.2. The van der Waals surface area contributed by atoms with Crippen LogP contribution < -0.4 is 15.0 Å². The third-order valence-electron chi connectivity index (χ3n) is 4.87. The van der Waals surface area contributed by atoms with Crippen LogP contribution in [0.2, 0.25) is 5.02 Å². The number of nitrogens with zero attached hydrogens (tertiary/aromatic N) is 2. The van der Waals surface area contributed by atoms with Crippen LogP contribution >= 0.6 is 39.9 Å². The molecule has 0 unspecified atom stereocenters. The Kier molecular flexibility index (Phi) is 7.26. The van der Waals surface area contributed by atoms with Crippen molar-refractivity contribution in [2.75, 3.05) is 31.1 Å². The van der Waals surface area contributed by atoms with Crippen molar-refractivity contribution >= 4 is 66.6 Å². The maximum Gasteiger partial charge on any atom is 0.573 e.